The molecule has 3 N–H and O–H groups in total. The topological polar surface area (TPSA) is 237 Å². The van der Waals surface area contributed by atoms with Crippen LogP contribution >= 0.6 is 15.6 Å². The van der Waals surface area contributed by atoms with Crippen LogP contribution in [0.3, 0.4) is 0 Å². The number of carbonyl (C=O) groups is 4. The smallest absolute Gasteiger partial charge is 0.462 e. The van der Waals surface area contributed by atoms with Crippen molar-refractivity contribution in [3.8, 4) is 0 Å². The number of unbranched alkanes of at least 4 members (excludes halogenated alkanes) is 43. The molecule has 0 aliphatic carbocycles. The fourth-order valence-corrected chi connectivity index (χ4v) is 13.8. The lowest BCUT2D eigenvalue weighted by molar-refractivity contribution is -0.161. The molecule has 0 aromatic rings. The van der Waals surface area contributed by atoms with Crippen LogP contribution in [0.25, 0.3) is 0 Å². The molecule has 0 saturated heterocycles. The number of rotatable bonds is 77. The largest absolute Gasteiger partial charge is 0.472 e. The molecule has 0 bridgehead atoms. The van der Waals surface area contributed by atoms with E-state index in [-0.39, 0.29) is 25.7 Å². The van der Waals surface area contributed by atoms with Crippen molar-refractivity contribution in [2.75, 3.05) is 39.6 Å². The monoisotopic (exact) mass is 1450 g/mol. The summed E-state index contributed by atoms with van der Waals surface area (Å²) in [6.45, 7) is 14.2. The van der Waals surface area contributed by atoms with E-state index >= 15 is 0 Å². The van der Waals surface area contributed by atoms with Gasteiger partial charge in [0.2, 0.25) is 0 Å². The van der Waals surface area contributed by atoms with Crippen molar-refractivity contribution in [2.45, 2.75) is 427 Å². The van der Waals surface area contributed by atoms with E-state index in [1.807, 2.05) is 0 Å². The second kappa shape index (κ2) is 69.1. The first-order valence-electron chi connectivity index (χ1n) is 41.2. The third kappa shape index (κ3) is 74.1. The van der Waals surface area contributed by atoms with Crippen molar-refractivity contribution >= 4 is 39.5 Å². The van der Waals surface area contributed by atoms with Gasteiger partial charge < -0.3 is 33.8 Å². The Morgan fingerprint density at radius 1 is 0.253 bits per heavy atom. The van der Waals surface area contributed by atoms with Gasteiger partial charge in [0, 0.05) is 25.7 Å². The molecule has 0 radical (unpaired) electrons. The second-order valence-corrected chi connectivity index (χ2v) is 33.6. The normalized spacial score (nSPS) is 14.1. The van der Waals surface area contributed by atoms with Gasteiger partial charge in [-0.1, -0.05) is 357 Å². The van der Waals surface area contributed by atoms with Gasteiger partial charge in [-0.25, -0.2) is 9.13 Å². The summed E-state index contributed by atoms with van der Waals surface area (Å²) in [6.07, 6.45) is 55.7. The summed E-state index contributed by atoms with van der Waals surface area (Å²) in [5, 5.41) is 10.6. The van der Waals surface area contributed by atoms with E-state index in [0.29, 0.717) is 31.6 Å². The van der Waals surface area contributed by atoms with E-state index in [2.05, 4.69) is 55.4 Å². The molecular formula is C80H156O17P2. The first-order chi connectivity index (χ1) is 47.6. The minimum Gasteiger partial charge on any atom is -0.462 e. The first-order valence-corrected chi connectivity index (χ1v) is 44.2. The minimum atomic E-state index is -4.96. The minimum absolute atomic E-state index is 0.105. The van der Waals surface area contributed by atoms with Gasteiger partial charge in [-0.05, 0) is 49.4 Å². The van der Waals surface area contributed by atoms with Crippen LogP contribution in [0, 0.1) is 23.7 Å². The predicted molar refractivity (Wildman–Crippen MR) is 404 cm³/mol. The number of esters is 4. The molecule has 99 heavy (non-hydrogen) atoms. The van der Waals surface area contributed by atoms with Gasteiger partial charge in [-0.2, -0.15) is 0 Å². The molecule has 0 fully saturated rings. The summed E-state index contributed by atoms with van der Waals surface area (Å²) >= 11 is 0. The zero-order valence-corrected chi connectivity index (χ0v) is 66.9. The zero-order valence-electron chi connectivity index (χ0n) is 65.1. The number of aliphatic hydroxyl groups is 1. The second-order valence-electron chi connectivity index (χ2n) is 30.7. The Morgan fingerprint density at radius 3 is 0.626 bits per heavy atom. The predicted octanol–water partition coefficient (Wildman–Crippen LogP) is 23.6. The van der Waals surface area contributed by atoms with Crippen molar-refractivity contribution in [1.82, 2.24) is 0 Å². The standard InChI is InChI=1S/C80H156O17P2/c1-70(2)56-48-40-32-25-20-16-12-9-10-14-18-22-28-36-44-52-60-77(82)90-66-75(97-80(85)63-55-47-38-30-24-27-34-42-50-58-72(5)6)68-94-98(86,87)92-64-74(81)65-93-99(88,89)95-69-76(67-91-78(83)61-53-45-39-31-35-43-51-59-73(7)8)96-79(84)62-54-46-37-29-23-19-15-11-13-17-21-26-33-41-49-57-71(3)4/h70-76,81H,9-69H2,1-8H3,(H,86,87)(H,88,89)/t74?,75-,76-/m1/s1. The third-order valence-corrected chi connectivity index (χ3v) is 20.5. The molecular weight excluding hydrogens is 1290 g/mol. The number of carbonyl (C=O) groups excluding carboxylic acids is 4. The molecule has 3 unspecified atom stereocenters. The molecule has 0 spiro atoms. The van der Waals surface area contributed by atoms with Crippen molar-refractivity contribution in [3.05, 3.63) is 0 Å². The fourth-order valence-electron chi connectivity index (χ4n) is 12.3. The quantitative estimate of drug-likeness (QED) is 0.0222. The Morgan fingerprint density at radius 2 is 0.424 bits per heavy atom. The summed E-state index contributed by atoms with van der Waals surface area (Å²) in [7, 11) is -9.92. The summed E-state index contributed by atoms with van der Waals surface area (Å²) < 4.78 is 68.6. The molecule has 0 heterocycles. The summed E-state index contributed by atoms with van der Waals surface area (Å²) in [4.78, 5) is 72.9. The summed E-state index contributed by atoms with van der Waals surface area (Å²) in [5.41, 5.74) is 0. The number of phosphoric acid groups is 2. The molecule has 19 heteroatoms. The van der Waals surface area contributed by atoms with Crippen LogP contribution < -0.4 is 0 Å². The number of hydrogen-bond acceptors (Lipinski definition) is 15. The number of aliphatic hydroxyl groups excluding tert-OH is 1. The van der Waals surface area contributed by atoms with Crippen LogP contribution in [0.15, 0.2) is 0 Å². The lowest BCUT2D eigenvalue weighted by Gasteiger charge is -2.21. The van der Waals surface area contributed by atoms with Crippen LogP contribution in [0.5, 0.6) is 0 Å². The maximum Gasteiger partial charge on any atom is 0.472 e. The van der Waals surface area contributed by atoms with Gasteiger partial charge in [-0.3, -0.25) is 37.3 Å². The number of hydrogen-bond donors (Lipinski definition) is 3. The van der Waals surface area contributed by atoms with Gasteiger partial charge in [0.25, 0.3) is 0 Å². The summed E-state index contributed by atoms with van der Waals surface area (Å²) in [6, 6.07) is 0. The van der Waals surface area contributed by atoms with Crippen LogP contribution in [-0.2, 0) is 65.4 Å². The van der Waals surface area contributed by atoms with Crippen LogP contribution in [0.1, 0.15) is 409 Å². The average molecular weight is 1450 g/mol. The fraction of sp³-hybridized carbons (Fsp3) is 0.950. The molecule has 0 aromatic carbocycles. The van der Waals surface area contributed by atoms with Gasteiger partial charge in [0.15, 0.2) is 12.2 Å². The Balaban J connectivity index is 5.19. The molecule has 0 rings (SSSR count). The van der Waals surface area contributed by atoms with Crippen LogP contribution in [-0.4, -0.2) is 96.7 Å². The van der Waals surface area contributed by atoms with Crippen LogP contribution in [0.2, 0.25) is 0 Å². The van der Waals surface area contributed by atoms with Crippen molar-refractivity contribution in [3.63, 3.8) is 0 Å². The molecule has 588 valence electrons. The maximum absolute atomic E-state index is 13.1. The molecule has 17 nitrogen and oxygen atoms in total. The average Bonchev–Trinajstić information content (AvgIpc) is 1.08. The van der Waals surface area contributed by atoms with E-state index in [4.69, 9.17) is 37.0 Å². The lowest BCUT2D eigenvalue weighted by Crippen LogP contribution is -2.30. The highest BCUT2D eigenvalue weighted by Crippen LogP contribution is 2.45. The zero-order chi connectivity index (χ0) is 73.1. The van der Waals surface area contributed by atoms with E-state index in [9.17, 15) is 43.2 Å². The van der Waals surface area contributed by atoms with Crippen LogP contribution in [0.4, 0.5) is 0 Å². The molecule has 0 aliphatic heterocycles. The van der Waals surface area contributed by atoms with Gasteiger partial charge in [0.1, 0.15) is 19.3 Å². The highest BCUT2D eigenvalue weighted by molar-refractivity contribution is 7.47. The van der Waals surface area contributed by atoms with E-state index in [1.165, 1.54) is 205 Å². The highest BCUT2D eigenvalue weighted by atomic mass is 31.2. The molecule has 0 amide bonds. The number of phosphoric ester groups is 2. The Hall–Kier alpha value is -1.94. The SMILES string of the molecule is CC(C)CCCCCCCCCCCCCCCCCCC(=O)OC[C@H](COP(=O)(O)OCC(O)COP(=O)(O)OC[C@@H](COC(=O)CCCCCCCCCC(C)C)OC(=O)CCCCCCCCCCCCCCCCCC(C)C)OC(=O)CCCCCCCCCCCC(C)C. The molecule has 0 saturated carbocycles. The highest BCUT2D eigenvalue weighted by Gasteiger charge is 2.30. The Kier molecular flexibility index (Phi) is 67.8. The Labute approximate surface area is 607 Å². The third-order valence-electron chi connectivity index (χ3n) is 18.6. The van der Waals surface area contributed by atoms with Crippen molar-refractivity contribution < 1.29 is 80.2 Å². The van der Waals surface area contributed by atoms with E-state index in [0.717, 1.165) is 114 Å². The van der Waals surface area contributed by atoms with Crippen molar-refractivity contribution in [1.29, 1.82) is 0 Å². The summed E-state index contributed by atoms with van der Waals surface area (Å²) in [5.74, 6) is 0.940. The molecule has 5 atom stereocenters. The molecule has 0 aromatic heterocycles. The van der Waals surface area contributed by atoms with Crippen molar-refractivity contribution in [2.24, 2.45) is 23.7 Å². The van der Waals surface area contributed by atoms with E-state index in [1.54, 1.807) is 0 Å². The lowest BCUT2D eigenvalue weighted by atomic mass is 10.0. The van der Waals surface area contributed by atoms with Gasteiger partial charge >= 0.3 is 39.5 Å². The number of ether oxygens (including phenoxy) is 4. The maximum atomic E-state index is 13.1. The Bertz CT molecular complexity index is 1940. The van der Waals surface area contributed by atoms with Gasteiger partial charge in [0.05, 0.1) is 26.4 Å². The first kappa shape index (κ1) is 97.1. The molecule has 0 aliphatic rings. The van der Waals surface area contributed by atoms with Gasteiger partial charge in [-0.15, -0.1) is 0 Å². The van der Waals surface area contributed by atoms with E-state index < -0.39 is 97.5 Å².